The van der Waals surface area contributed by atoms with Crippen molar-refractivity contribution in [3.63, 3.8) is 0 Å². The van der Waals surface area contributed by atoms with Crippen LogP contribution in [-0.2, 0) is 19.6 Å². The number of carbonyl (C=O) groups is 2. The maximum Gasteiger partial charge on any atom is 0.223 e. The Bertz CT molecular complexity index is 660. The molecule has 0 saturated carbocycles. The molecule has 174 valence electrons. The summed E-state index contributed by atoms with van der Waals surface area (Å²) in [6.07, 6.45) is 6.52. The smallest absolute Gasteiger partial charge is 0.223 e. The van der Waals surface area contributed by atoms with Gasteiger partial charge in [0.1, 0.15) is 0 Å². The van der Waals surface area contributed by atoms with Crippen molar-refractivity contribution in [2.24, 2.45) is 11.8 Å². The molecule has 1 atom stereocenters. The van der Waals surface area contributed by atoms with E-state index in [9.17, 15) is 18.0 Å². The quantitative estimate of drug-likeness (QED) is 0.641. The molecule has 30 heavy (non-hydrogen) atoms. The molecular weight excluding hydrogens is 404 g/mol. The number of nitrogens with one attached hydrogen (secondary N) is 2. The summed E-state index contributed by atoms with van der Waals surface area (Å²) in [5.41, 5.74) is 0. The van der Waals surface area contributed by atoms with Crippen LogP contribution in [0.3, 0.4) is 0 Å². The minimum Gasteiger partial charge on any atom is -0.356 e. The molecular formula is C21H40N4O4S. The number of carbonyl (C=O) groups excluding carboxylic acids is 2. The maximum atomic E-state index is 12.7. The second-order valence-corrected chi connectivity index (χ2v) is 11.0. The van der Waals surface area contributed by atoms with Gasteiger partial charge in [-0.3, -0.25) is 9.59 Å². The number of piperidine rings is 1. The Kier molecular flexibility index (Phi) is 10.0. The summed E-state index contributed by atoms with van der Waals surface area (Å²) < 4.78 is 25.2. The van der Waals surface area contributed by atoms with E-state index in [2.05, 4.69) is 29.4 Å². The van der Waals surface area contributed by atoms with E-state index in [-0.39, 0.29) is 30.7 Å². The summed E-state index contributed by atoms with van der Waals surface area (Å²) >= 11 is 0. The molecule has 0 aromatic heterocycles. The van der Waals surface area contributed by atoms with Gasteiger partial charge in [0.2, 0.25) is 21.8 Å². The third kappa shape index (κ3) is 8.51. The van der Waals surface area contributed by atoms with E-state index in [4.69, 9.17) is 0 Å². The van der Waals surface area contributed by atoms with Crippen LogP contribution in [0.4, 0.5) is 0 Å². The molecule has 0 bridgehead atoms. The Labute approximate surface area is 182 Å². The molecule has 2 aliphatic heterocycles. The Morgan fingerprint density at radius 2 is 1.83 bits per heavy atom. The summed E-state index contributed by atoms with van der Waals surface area (Å²) in [6, 6.07) is 0.599. The van der Waals surface area contributed by atoms with Gasteiger partial charge in [0, 0.05) is 44.6 Å². The molecule has 2 aliphatic rings. The number of hydrogen-bond donors (Lipinski definition) is 2. The van der Waals surface area contributed by atoms with Crippen LogP contribution >= 0.6 is 0 Å². The maximum absolute atomic E-state index is 12.7. The topological polar surface area (TPSA) is 98.8 Å². The van der Waals surface area contributed by atoms with Crippen molar-refractivity contribution < 1.29 is 18.0 Å². The van der Waals surface area contributed by atoms with Crippen LogP contribution in [0, 0.1) is 11.8 Å². The highest BCUT2D eigenvalue weighted by Crippen LogP contribution is 2.21. The molecule has 2 rings (SSSR count). The van der Waals surface area contributed by atoms with Crippen molar-refractivity contribution in [1.29, 1.82) is 0 Å². The minimum atomic E-state index is -3.35. The fraction of sp³-hybridized carbons (Fsp3) is 0.905. The molecule has 2 N–H and O–H groups in total. The molecule has 0 radical (unpaired) electrons. The van der Waals surface area contributed by atoms with Crippen LogP contribution in [0.15, 0.2) is 0 Å². The average Bonchev–Trinajstić information content (AvgIpc) is 2.72. The SMILES string of the molecule is CC(C)N1CCC(CCNC(=O)C2CCCN(S(C)(=O)=O)CCC(=O)NCC2)CC1. The lowest BCUT2D eigenvalue weighted by atomic mass is 9.92. The molecule has 0 spiro atoms. The van der Waals surface area contributed by atoms with Crippen LogP contribution in [0.5, 0.6) is 0 Å². The van der Waals surface area contributed by atoms with Crippen molar-refractivity contribution in [2.45, 2.75) is 64.8 Å². The fourth-order valence-corrected chi connectivity index (χ4v) is 5.25. The highest BCUT2D eigenvalue weighted by molar-refractivity contribution is 7.88. The normalized spacial score (nSPS) is 24.3. The van der Waals surface area contributed by atoms with E-state index in [1.165, 1.54) is 23.4 Å². The first-order valence-electron chi connectivity index (χ1n) is 11.4. The molecule has 2 saturated heterocycles. The molecule has 0 aliphatic carbocycles. The van der Waals surface area contributed by atoms with Crippen molar-refractivity contribution in [1.82, 2.24) is 19.8 Å². The van der Waals surface area contributed by atoms with Gasteiger partial charge in [-0.05, 0) is 71.4 Å². The van der Waals surface area contributed by atoms with Gasteiger partial charge in [0.05, 0.1) is 6.26 Å². The van der Waals surface area contributed by atoms with Crippen molar-refractivity contribution in [3.8, 4) is 0 Å². The van der Waals surface area contributed by atoms with Crippen LogP contribution in [-0.4, -0.2) is 81.0 Å². The first-order chi connectivity index (χ1) is 14.2. The lowest BCUT2D eigenvalue weighted by molar-refractivity contribution is -0.126. The van der Waals surface area contributed by atoms with Crippen molar-refractivity contribution >= 4 is 21.8 Å². The van der Waals surface area contributed by atoms with Gasteiger partial charge in [-0.2, -0.15) is 0 Å². The van der Waals surface area contributed by atoms with Gasteiger partial charge in [0.15, 0.2) is 0 Å². The standard InChI is InChI=1S/C21H40N4O4S/c1-17(2)24-14-8-18(9-15-24)6-11-23-21(27)19-5-4-13-25(30(3,28)29)16-10-20(26)22-12-7-19/h17-19H,4-16H2,1-3H3,(H,22,26)(H,23,27). The number of likely N-dealkylation sites (tertiary alicyclic amines) is 1. The Balaban J connectivity index is 1.79. The molecule has 0 aromatic rings. The molecule has 8 nitrogen and oxygen atoms in total. The van der Waals surface area contributed by atoms with Crippen molar-refractivity contribution in [3.05, 3.63) is 0 Å². The average molecular weight is 445 g/mol. The minimum absolute atomic E-state index is 0.0222. The van der Waals surface area contributed by atoms with Gasteiger partial charge in [-0.1, -0.05) is 0 Å². The molecule has 2 fully saturated rings. The third-order valence-electron chi connectivity index (χ3n) is 6.43. The van der Waals surface area contributed by atoms with Gasteiger partial charge in [-0.25, -0.2) is 12.7 Å². The first kappa shape index (κ1) is 25.1. The first-order valence-corrected chi connectivity index (χ1v) is 13.2. The molecule has 0 aromatic carbocycles. The number of rotatable bonds is 6. The van der Waals surface area contributed by atoms with Crippen molar-refractivity contribution in [2.75, 3.05) is 45.5 Å². The zero-order chi connectivity index (χ0) is 22.1. The van der Waals surface area contributed by atoms with E-state index >= 15 is 0 Å². The van der Waals surface area contributed by atoms with E-state index in [0.717, 1.165) is 19.5 Å². The number of hydrogen-bond acceptors (Lipinski definition) is 5. The zero-order valence-electron chi connectivity index (χ0n) is 18.9. The Morgan fingerprint density at radius 3 is 2.47 bits per heavy atom. The number of sulfonamides is 1. The monoisotopic (exact) mass is 444 g/mol. The Hall–Kier alpha value is -1.19. The number of amides is 2. The second-order valence-electron chi connectivity index (χ2n) is 9.04. The van der Waals surface area contributed by atoms with E-state index in [1.54, 1.807) is 0 Å². The lowest BCUT2D eigenvalue weighted by Crippen LogP contribution is -2.39. The second kappa shape index (κ2) is 12.0. The zero-order valence-corrected chi connectivity index (χ0v) is 19.7. The van der Waals surface area contributed by atoms with Crippen LogP contribution in [0.1, 0.15) is 58.8 Å². The fourth-order valence-electron chi connectivity index (χ4n) is 4.37. The Morgan fingerprint density at radius 1 is 1.13 bits per heavy atom. The third-order valence-corrected chi connectivity index (χ3v) is 7.74. The molecule has 2 amide bonds. The highest BCUT2D eigenvalue weighted by atomic mass is 32.2. The summed E-state index contributed by atoms with van der Waals surface area (Å²) in [5, 5.41) is 5.90. The van der Waals surface area contributed by atoms with Crippen LogP contribution in [0.2, 0.25) is 0 Å². The van der Waals surface area contributed by atoms with Crippen LogP contribution < -0.4 is 10.6 Å². The van der Waals surface area contributed by atoms with Gasteiger partial charge in [0.25, 0.3) is 0 Å². The van der Waals surface area contributed by atoms with Crippen LogP contribution in [0.25, 0.3) is 0 Å². The number of nitrogens with zero attached hydrogens (tertiary/aromatic N) is 2. The largest absolute Gasteiger partial charge is 0.356 e. The van der Waals surface area contributed by atoms with Gasteiger partial charge < -0.3 is 15.5 Å². The predicted octanol–water partition coefficient (Wildman–Crippen LogP) is 1.18. The molecule has 2 heterocycles. The van der Waals surface area contributed by atoms with E-state index in [1.807, 2.05) is 0 Å². The lowest BCUT2D eigenvalue weighted by Gasteiger charge is -2.34. The van der Waals surface area contributed by atoms with Gasteiger partial charge >= 0.3 is 0 Å². The summed E-state index contributed by atoms with van der Waals surface area (Å²) in [5.74, 6) is 0.314. The highest BCUT2D eigenvalue weighted by Gasteiger charge is 2.24. The van der Waals surface area contributed by atoms with Gasteiger partial charge in [-0.15, -0.1) is 0 Å². The summed E-state index contributed by atoms with van der Waals surface area (Å²) in [4.78, 5) is 27.2. The molecule has 1 unspecified atom stereocenters. The summed E-state index contributed by atoms with van der Waals surface area (Å²) in [7, 11) is -3.35. The predicted molar refractivity (Wildman–Crippen MR) is 118 cm³/mol. The van der Waals surface area contributed by atoms with E-state index in [0.29, 0.717) is 50.9 Å². The molecule has 9 heteroatoms. The van der Waals surface area contributed by atoms with E-state index < -0.39 is 10.0 Å². The summed E-state index contributed by atoms with van der Waals surface area (Å²) in [6.45, 7) is 8.41.